The molecule has 16 heavy (non-hydrogen) atoms. The molecule has 1 aromatic heterocycles. The van der Waals surface area contributed by atoms with E-state index in [9.17, 15) is 9.50 Å². The summed E-state index contributed by atoms with van der Waals surface area (Å²) in [7, 11) is 0. The van der Waals surface area contributed by atoms with E-state index in [1.54, 1.807) is 6.07 Å². The van der Waals surface area contributed by atoms with Crippen LogP contribution >= 0.6 is 0 Å². The lowest BCUT2D eigenvalue weighted by Gasteiger charge is -2.05. The molecular weight excluding hydrogens is 209 g/mol. The molecule has 1 heterocycles. The molecule has 0 aliphatic rings. The highest BCUT2D eigenvalue weighted by Crippen LogP contribution is 2.20. The fourth-order valence-electron chi connectivity index (χ4n) is 1.77. The molecule has 1 aromatic carbocycles. The summed E-state index contributed by atoms with van der Waals surface area (Å²) in [6, 6.07) is 4.58. The Bertz CT molecular complexity index is 481. The molecule has 0 saturated carbocycles. The lowest BCUT2D eigenvalue weighted by atomic mass is 10.1. The van der Waals surface area contributed by atoms with Crippen LogP contribution in [0.3, 0.4) is 0 Å². The molecule has 0 amide bonds. The zero-order chi connectivity index (χ0) is 11.5. The predicted octanol–water partition coefficient (Wildman–Crippen LogP) is 1.59. The lowest BCUT2D eigenvalue weighted by Crippen LogP contribution is -2.12. The Balaban J connectivity index is 2.21. The van der Waals surface area contributed by atoms with Crippen LogP contribution in [0.15, 0.2) is 24.4 Å². The molecule has 0 radical (unpaired) electrons. The molecule has 1 unspecified atom stereocenters. The van der Waals surface area contributed by atoms with Crippen molar-refractivity contribution in [2.24, 2.45) is 0 Å². The van der Waals surface area contributed by atoms with Crippen LogP contribution in [0.4, 0.5) is 4.39 Å². The number of benzene rings is 1. The SMILES string of the molecule is OCC(O)CCc1c[nH]c2ccc(F)cc12. The Labute approximate surface area is 92.5 Å². The minimum Gasteiger partial charge on any atom is -0.394 e. The van der Waals surface area contributed by atoms with Crippen molar-refractivity contribution in [1.29, 1.82) is 0 Å². The van der Waals surface area contributed by atoms with Crippen LogP contribution in [0.25, 0.3) is 10.9 Å². The number of hydrogen-bond acceptors (Lipinski definition) is 2. The molecule has 4 heteroatoms. The number of aryl methyl sites for hydroxylation is 1. The number of aliphatic hydroxyl groups is 2. The second-order valence-corrected chi connectivity index (χ2v) is 3.88. The van der Waals surface area contributed by atoms with Gasteiger partial charge in [0.25, 0.3) is 0 Å². The van der Waals surface area contributed by atoms with Crippen LogP contribution < -0.4 is 0 Å². The van der Waals surface area contributed by atoms with Gasteiger partial charge in [0.1, 0.15) is 5.82 Å². The summed E-state index contributed by atoms with van der Waals surface area (Å²) in [6.07, 6.45) is 2.19. The highest BCUT2D eigenvalue weighted by molar-refractivity contribution is 5.83. The summed E-state index contributed by atoms with van der Waals surface area (Å²) in [4.78, 5) is 3.05. The first-order valence-electron chi connectivity index (χ1n) is 5.25. The van der Waals surface area contributed by atoms with Crippen LogP contribution in [-0.4, -0.2) is 27.9 Å². The third-order valence-corrected chi connectivity index (χ3v) is 2.69. The summed E-state index contributed by atoms with van der Waals surface area (Å²) in [5.41, 5.74) is 1.84. The van der Waals surface area contributed by atoms with E-state index in [1.807, 2.05) is 6.20 Å². The maximum Gasteiger partial charge on any atom is 0.123 e. The van der Waals surface area contributed by atoms with Gasteiger partial charge in [0.15, 0.2) is 0 Å². The Morgan fingerprint density at radius 3 is 2.94 bits per heavy atom. The molecule has 0 spiro atoms. The standard InChI is InChI=1S/C12H14FNO2/c13-9-2-4-12-11(5-9)8(6-14-12)1-3-10(16)7-15/h2,4-6,10,14-16H,1,3,7H2. The average molecular weight is 223 g/mol. The number of rotatable bonds is 4. The molecule has 0 saturated heterocycles. The van der Waals surface area contributed by atoms with Gasteiger partial charge in [-0.05, 0) is 36.6 Å². The summed E-state index contributed by atoms with van der Waals surface area (Å²) in [5.74, 6) is -0.268. The number of aromatic amines is 1. The lowest BCUT2D eigenvalue weighted by molar-refractivity contribution is 0.0886. The Kier molecular flexibility index (Phi) is 3.22. The van der Waals surface area contributed by atoms with E-state index in [0.29, 0.717) is 12.8 Å². The van der Waals surface area contributed by atoms with E-state index in [-0.39, 0.29) is 12.4 Å². The van der Waals surface area contributed by atoms with Gasteiger partial charge in [0.2, 0.25) is 0 Å². The van der Waals surface area contributed by atoms with Crippen LogP contribution in [0.1, 0.15) is 12.0 Å². The van der Waals surface area contributed by atoms with E-state index in [2.05, 4.69) is 4.98 Å². The van der Waals surface area contributed by atoms with Gasteiger partial charge >= 0.3 is 0 Å². The topological polar surface area (TPSA) is 56.2 Å². The highest BCUT2D eigenvalue weighted by Gasteiger charge is 2.07. The quantitative estimate of drug-likeness (QED) is 0.737. The van der Waals surface area contributed by atoms with Gasteiger partial charge in [-0.2, -0.15) is 0 Å². The van der Waals surface area contributed by atoms with E-state index < -0.39 is 6.10 Å². The van der Waals surface area contributed by atoms with Gasteiger partial charge in [0.05, 0.1) is 12.7 Å². The molecule has 3 nitrogen and oxygen atoms in total. The second kappa shape index (κ2) is 4.63. The van der Waals surface area contributed by atoms with Crippen molar-refractivity contribution >= 4 is 10.9 Å². The molecule has 1 atom stereocenters. The molecule has 86 valence electrons. The zero-order valence-electron chi connectivity index (χ0n) is 8.78. The van der Waals surface area contributed by atoms with Gasteiger partial charge in [-0.25, -0.2) is 4.39 Å². The molecule has 3 N–H and O–H groups in total. The number of aliphatic hydroxyl groups excluding tert-OH is 2. The average Bonchev–Trinajstić information content (AvgIpc) is 2.68. The number of nitrogens with one attached hydrogen (secondary N) is 1. The maximum absolute atomic E-state index is 13.1. The smallest absolute Gasteiger partial charge is 0.123 e. The molecular formula is C12H14FNO2. The third kappa shape index (κ3) is 2.23. The Morgan fingerprint density at radius 1 is 1.38 bits per heavy atom. The van der Waals surface area contributed by atoms with Crippen LogP contribution in [0.5, 0.6) is 0 Å². The van der Waals surface area contributed by atoms with Crippen molar-refractivity contribution in [2.45, 2.75) is 18.9 Å². The fourth-order valence-corrected chi connectivity index (χ4v) is 1.77. The molecule has 0 fully saturated rings. The number of aromatic nitrogens is 1. The second-order valence-electron chi connectivity index (χ2n) is 3.88. The van der Waals surface area contributed by atoms with Gasteiger partial charge in [-0.3, -0.25) is 0 Å². The first-order chi connectivity index (χ1) is 7.70. The van der Waals surface area contributed by atoms with Crippen LogP contribution in [0, 0.1) is 5.82 Å². The highest BCUT2D eigenvalue weighted by atomic mass is 19.1. The molecule has 0 aliphatic heterocycles. The summed E-state index contributed by atoms with van der Waals surface area (Å²) in [6.45, 7) is -0.239. The minimum atomic E-state index is -0.710. The summed E-state index contributed by atoms with van der Waals surface area (Å²) in [5, 5.41) is 18.8. The van der Waals surface area contributed by atoms with Crippen LogP contribution in [-0.2, 0) is 6.42 Å². The van der Waals surface area contributed by atoms with Crippen LogP contribution in [0.2, 0.25) is 0 Å². The predicted molar refractivity (Wildman–Crippen MR) is 59.7 cm³/mol. The van der Waals surface area contributed by atoms with E-state index in [1.165, 1.54) is 12.1 Å². The zero-order valence-corrected chi connectivity index (χ0v) is 8.78. The van der Waals surface area contributed by atoms with Crippen molar-refractivity contribution in [3.8, 4) is 0 Å². The Morgan fingerprint density at radius 2 is 2.19 bits per heavy atom. The largest absolute Gasteiger partial charge is 0.394 e. The van der Waals surface area contributed by atoms with Crippen molar-refractivity contribution in [3.63, 3.8) is 0 Å². The van der Waals surface area contributed by atoms with Crippen molar-refractivity contribution in [2.75, 3.05) is 6.61 Å². The fraction of sp³-hybridized carbons (Fsp3) is 0.333. The molecule has 2 aromatic rings. The van der Waals surface area contributed by atoms with Gasteiger partial charge < -0.3 is 15.2 Å². The Hall–Kier alpha value is -1.39. The van der Waals surface area contributed by atoms with E-state index in [0.717, 1.165) is 16.5 Å². The van der Waals surface area contributed by atoms with Crippen molar-refractivity contribution in [3.05, 3.63) is 35.8 Å². The number of fused-ring (bicyclic) bond motifs is 1. The third-order valence-electron chi connectivity index (χ3n) is 2.69. The minimum absolute atomic E-state index is 0.239. The number of H-pyrrole nitrogens is 1. The molecule has 2 rings (SSSR count). The summed E-state index contributed by atoms with van der Waals surface area (Å²) < 4.78 is 13.1. The van der Waals surface area contributed by atoms with Gasteiger partial charge in [-0.1, -0.05) is 0 Å². The molecule has 0 bridgehead atoms. The van der Waals surface area contributed by atoms with Gasteiger partial charge in [0, 0.05) is 17.1 Å². The monoisotopic (exact) mass is 223 g/mol. The van der Waals surface area contributed by atoms with E-state index in [4.69, 9.17) is 5.11 Å². The number of hydrogen-bond donors (Lipinski definition) is 3. The maximum atomic E-state index is 13.1. The van der Waals surface area contributed by atoms with E-state index >= 15 is 0 Å². The van der Waals surface area contributed by atoms with Crippen molar-refractivity contribution < 1.29 is 14.6 Å². The van der Waals surface area contributed by atoms with Crippen molar-refractivity contribution in [1.82, 2.24) is 4.98 Å². The first-order valence-corrected chi connectivity index (χ1v) is 5.25. The molecule has 0 aliphatic carbocycles. The number of halogens is 1. The first kappa shape index (κ1) is 11.1. The normalized spacial score (nSPS) is 13.2. The summed E-state index contributed by atoms with van der Waals surface area (Å²) >= 11 is 0. The van der Waals surface area contributed by atoms with Gasteiger partial charge in [-0.15, -0.1) is 0 Å².